The van der Waals surface area contributed by atoms with Crippen LogP contribution in [0.3, 0.4) is 0 Å². The maximum Gasteiger partial charge on any atom is 0.217 e. The second-order valence-electron chi connectivity index (χ2n) is 5.56. The number of hydrogen-bond acceptors (Lipinski definition) is 5. The summed E-state index contributed by atoms with van der Waals surface area (Å²) in [4.78, 5) is 4.87. The zero-order valence-electron chi connectivity index (χ0n) is 14.0. The van der Waals surface area contributed by atoms with Gasteiger partial charge in [-0.05, 0) is 11.5 Å². The zero-order chi connectivity index (χ0) is 18.2. The predicted molar refractivity (Wildman–Crippen MR) is 93.6 cm³/mol. The Kier molecular flexibility index (Phi) is 4.42. The van der Waals surface area contributed by atoms with Crippen molar-refractivity contribution in [1.29, 1.82) is 0 Å². The second-order valence-corrected chi connectivity index (χ2v) is 6.71. The van der Waals surface area contributed by atoms with Gasteiger partial charge >= 0.3 is 0 Å². The highest BCUT2D eigenvalue weighted by atomic mass is 32.3. The van der Waals surface area contributed by atoms with Gasteiger partial charge in [0, 0.05) is 10.8 Å². The van der Waals surface area contributed by atoms with Gasteiger partial charge in [-0.1, -0.05) is 36.4 Å². The molecule has 25 heavy (non-hydrogen) atoms. The highest BCUT2D eigenvalue weighted by molar-refractivity contribution is 7.80. The Morgan fingerprint density at radius 1 is 1.12 bits per heavy atom. The Morgan fingerprint density at radius 2 is 1.76 bits per heavy atom. The number of aryl methyl sites for hydroxylation is 2. The average molecular weight is 359 g/mol. The third-order valence-corrected chi connectivity index (χ3v) is 4.44. The fraction of sp³-hybridized carbons (Fsp3) is 0.176. The van der Waals surface area contributed by atoms with Gasteiger partial charge in [0.2, 0.25) is 22.2 Å². The lowest BCUT2D eigenvalue weighted by Gasteiger charge is -2.02. The summed E-state index contributed by atoms with van der Waals surface area (Å²) in [5.74, 6) is 0. The molecule has 7 nitrogen and oxygen atoms in total. The van der Waals surface area contributed by atoms with Gasteiger partial charge in [0.25, 0.3) is 0 Å². The standard InChI is InChI=1S/C16H14N3.CH4O4S/c1-18-10-13-9-12-8-7-11-5-3-4-6-14(11)15(12)17-16(13)19(18)2;1-5-6(2,3)4/h3-10H,1-2H3;1H3,(H,2,3,4)/q+1;/p-1. The molecule has 4 rings (SSSR count). The van der Waals surface area contributed by atoms with Gasteiger partial charge in [0.1, 0.15) is 0 Å². The van der Waals surface area contributed by atoms with Crippen LogP contribution in [0.5, 0.6) is 0 Å². The fourth-order valence-electron chi connectivity index (χ4n) is 2.71. The van der Waals surface area contributed by atoms with Crippen LogP contribution in [-0.4, -0.2) is 29.7 Å². The minimum Gasteiger partial charge on any atom is -0.726 e. The van der Waals surface area contributed by atoms with Crippen LogP contribution in [0.15, 0.2) is 48.7 Å². The van der Waals surface area contributed by atoms with Crippen molar-refractivity contribution >= 4 is 43.1 Å². The summed E-state index contributed by atoms with van der Waals surface area (Å²) >= 11 is 0. The third kappa shape index (κ3) is 3.46. The molecule has 0 bridgehead atoms. The molecule has 8 heteroatoms. The van der Waals surface area contributed by atoms with Gasteiger partial charge in [0.05, 0.1) is 25.1 Å². The first-order valence-electron chi connectivity index (χ1n) is 7.45. The summed E-state index contributed by atoms with van der Waals surface area (Å²) in [6, 6.07) is 14.9. The minimum absolute atomic E-state index is 0.808. The molecular weight excluding hydrogens is 342 g/mol. The highest BCUT2D eigenvalue weighted by Crippen LogP contribution is 2.26. The van der Waals surface area contributed by atoms with E-state index in [2.05, 4.69) is 62.2 Å². The van der Waals surface area contributed by atoms with Gasteiger partial charge in [0.15, 0.2) is 7.05 Å². The molecule has 0 spiro atoms. The Hall–Kier alpha value is -2.55. The van der Waals surface area contributed by atoms with E-state index < -0.39 is 10.4 Å². The van der Waals surface area contributed by atoms with Crippen molar-refractivity contribution in [2.45, 2.75) is 0 Å². The van der Waals surface area contributed by atoms with Crippen LogP contribution >= 0.6 is 0 Å². The summed E-state index contributed by atoms with van der Waals surface area (Å²) in [5, 5.41) is 4.82. The normalized spacial score (nSPS) is 11.7. The van der Waals surface area contributed by atoms with Gasteiger partial charge in [-0.25, -0.2) is 13.4 Å². The molecule has 0 aliphatic carbocycles. The Labute approximate surface area is 145 Å². The van der Waals surface area contributed by atoms with Gasteiger partial charge in [-0.15, -0.1) is 9.36 Å². The molecule has 2 heterocycles. The van der Waals surface area contributed by atoms with Gasteiger partial charge in [-0.3, -0.25) is 4.18 Å². The van der Waals surface area contributed by atoms with E-state index in [4.69, 9.17) is 4.98 Å². The molecule has 0 amide bonds. The highest BCUT2D eigenvalue weighted by Gasteiger charge is 2.12. The molecule has 0 fully saturated rings. The lowest BCUT2D eigenvalue weighted by atomic mass is 10.1. The van der Waals surface area contributed by atoms with E-state index >= 15 is 0 Å². The Bertz CT molecular complexity index is 1180. The lowest BCUT2D eigenvalue weighted by Crippen LogP contribution is -2.36. The molecule has 0 saturated heterocycles. The summed E-state index contributed by atoms with van der Waals surface area (Å²) in [5.41, 5.74) is 2.10. The molecule has 0 atom stereocenters. The van der Waals surface area contributed by atoms with Crippen molar-refractivity contribution < 1.29 is 21.8 Å². The first-order valence-corrected chi connectivity index (χ1v) is 8.79. The number of nitrogens with zero attached hydrogens (tertiary/aromatic N) is 3. The molecule has 2 aromatic carbocycles. The lowest BCUT2D eigenvalue weighted by molar-refractivity contribution is -0.748. The first kappa shape index (κ1) is 17.3. The van der Waals surface area contributed by atoms with E-state index in [0.717, 1.165) is 18.3 Å². The van der Waals surface area contributed by atoms with E-state index in [1.54, 1.807) is 0 Å². The maximum absolute atomic E-state index is 9.22. The molecule has 0 radical (unpaired) electrons. The Balaban J connectivity index is 0.000000265. The smallest absolute Gasteiger partial charge is 0.217 e. The maximum atomic E-state index is 9.22. The molecule has 0 N–H and O–H groups in total. The number of aromatic nitrogens is 3. The van der Waals surface area contributed by atoms with Crippen molar-refractivity contribution in [3.63, 3.8) is 0 Å². The molecule has 130 valence electrons. The SMILES string of the molecule is COS(=O)(=O)[O-].Cn1c2nc3c(ccc4ccccc43)cc2c[n+]1C. The number of hydrogen-bond donors (Lipinski definition) is 0. The fourth-order valence-corrected chi connectivity index (χ4v) is 2.71. The molecule has 2 aromatic heterocycles. The van der Waals surface area contributed by atoms with Crippen molar-refractivity contribution in [3.8, 4) is 0 Å². The molecule has 0 aliphatic rings. The van der Waals surface area contributed by atoms with Crippen molar-refractivity contribution in [2.24, 2.45) is 14.1 Å². The molecule has 0 aliphatic heterocycles. The molecule has 0 unspecified atom stereocenters. The number of pyridine rings is 1. The van der Waals surface area contributed by atoms with Crippen LogP contribution in [0, 0.1) is 0 Å². The summed E-state index contributed by atoms with van der Waals surface area (Å²) in [6.45, 7) is 0. The second kappa shape index (κ2) is 6.40. The van der Waals surface area contributed by atoms with Crippen LogP contribution in [0.1, 0.15) is 0 Å². The van der Waals surface area contributed by atoms with Crippen LogP contribution in [0.2, 0.25) is 0 Å². The van der Waals surface area contributed by atoms with E-state index in [1.165, 1.54) is 21.5 Å². The zero-order valence-corrected chi connectivity index (χ0v) is 14.8. The van der Waals surface area contributed by atoms with E-state index in [1.807, 2.05) is 14.1 Å². The van der Waals surface area contributed by atoms with Crippen LogP contribution in [-0.2, 0) is 28.7 Å². The van der Waals surface area contributed by atoms with Crippen LogP contribution < -0.4 is 4.68 Å². The predicted octanol–water partition coefficient (Wildman–Crippen LogP) is 1.80. The molecule has 4 aromatic rings. The van der Waals surface area contributed by atoms with E-state index in [-0.39, 0.29) is 0 Å². The van der Waals surface area contributed by atoms with Gasteiger partial charge < -0.3 is 4.55 Å². The number of rotatable bonds is 1. The van der Waals surface area contributed by atoms with Crippen LogP contribution in [0.4, 0.5) is 0 Å². The minimum atomic E-state index is -4.41. The quantitative estimate of drug-likeness (QED) is 0.224. The third-order valence-electron chi connectivity index (χ3n) is 4.03. The van der Waals surface area contributed by atoms with E-state index in [9.17, 15) is 13.0 Å². The van der Waals surface area contributed by atoms with Gasteiger partial charge in [-0.2, -0.15) is 0 Å². The van der Waals surface area contributed by atoms with Crippen molar-refractivity contribution in [3.05, 3.63) is 48.7 Å². The summed E-state index contributed by atoms with van der Waals surface area (Å²) < 4.78 is 35.1. The van der Waals surface area contributed by atoms with Crippen molar-refractivity contribution in [1.82, 2.24) is 9.67 Å². The molecular formula is C17H17N3O4S. The average Bonchev–Trinajstić information content (AvgIpc) is 2.87. The monoisotopic (exact) mass is 359 g/mol. The Morgan fingerprint density at radius 3 is 2.44 bits per heavy atom. The molecule has 0 saturated carbocycles. The number of benzene rings is 2. The topological polar surface area (TPSA) is 88.1 Å². The first-order chi connectivity index (χ1) is 11.8. The van der Waals surface area contributed by atoms with E-state index in [0.29, 0.717) is 0 Å². The summed E-state index contributed by atoms with van der Waals surface area (Å²) in [6.07, 6.45) is 2.11. The van der Waals surface area contributed by atoms with Crippen molar-refractivity contribution in [2.75, 3.05) is 7.11 Å². The largest absolute Gasteiger partial charge is 0.726 e. The van der Waals surface area contributed by atoms with Crippen LogP contribution in [0.25, 0.3) is 32.7 Å². The summed E-state index contributed by atoms with van der Waals surface area (Å²) in [7, 11) is 0.462. The number of fused-ring (bicyclic) bond motifs is 4.